The molecule has 0 saturated heterocycles. The van der Waals surface area contributed by atoms with Crippen molar-refractivity contribution in [3.8, 4) is 5.75 Å². The lowest BCUT2D eigenvalue weighted by atomic mass is 10.1. The van der Waals surface area contributed by atoms with Crippen molar-refractivity contribution in [3.05, 3.63) is 29.6 Å². The first-order valence-corrected chi connectivity index (χ1v) is 4.23. The van der Waals surface area contributed by atoms with E-state index in [1.165, 1.54) is 19.2 Å². The van der Waals surface area contributed by atoms with Crippen LogP contribution in [0.4, 0.5) is 4.39 Å². The van der Waals surface area contributed by atoms with E-state index in [9.17, 15) is 14.0 Å². The molecule has 84 valence electrons. The number of carboxylic acids is 1. The summed E-state index contributed by atoms with van der Waals surface area (Å²) >= 11 is 0. The van der Waals surface area contributed by atoms with Crippen molar-refractivity contribution in [2.24, 2.45) is 4.99 Å². The molecule has 0 aliphatic heterocycles. The molecule has 1 aromatic rings. The molecule has 1 rings (SSSR count). The van der Waals surface area contributed by atoms with Gasteiger partial charge in [-0.2, -0.15) is 4.99 Å². The second-order valence-corrected chi connectivity index (χ2v) is 2.86. The van der Waals surface area contributed by atoms with E-state index < -0.39 is 17.8 Å². The second kappa shape index (κ2) is 5.04. The molecule has 0 fully saturated rings. The van der Waals surface area contributed by atoms with Gasteiger partial charge in [0.25, 0.3) is 0 Å². The van der Waals surface area contributed by atoms with E-state index >= 15 is 0 Å². The van der Waals surface area contributed by atoms with Gasteiger partial charge < -0.3 is 9.84 Å². The number of rotatable bonds is 4. The Hall–Kier alpha value is -2.20. The molecule has 0 aliphatic rings. The fourth-order valence-electron chi connectivity index (χ4n) is 1.18. The number of methoxy groups -OCH3 is 1. The fraction of sp³-hybridized carbons (Fsp3) is 0.200. The third kappa shape index (κ3) is 2.43. The second-order valence-electron chi connectivity index (χ2n) is 2.86. The molecular formula is C10H8FNO4. The van der Waals surface area contributed by atoms with Gasteiger partial charge in [0, 0.05) is 0 Å². The molecule has 1 aromatic carbocycles. The molecular weight excluding hydrogens is 217 g/mol. The zero-order valence-electron chi connectivity index (χ0n) is 8.31. The first-order chi connectivity index (χ1) is 7.60. The number of hydrogen-bond acceptors (Lipinski definition) is 4. The van der Waals surface area contributed by atoms with Crippen molar-refractivity contribution >= 4 is 12.0 Å². The van der Waals surface area contributed by atoms with E-state index in [1.807, 2.05) is 0 Å². The summed E-state index contributed by atoms with van der Waals surface area (Å²) in [5.41, 5.74) is 0.0501. The molecule has 0 amide bonds. The van der Waals surface area contributed by atoms with Crippen LogP contribution in [-0.4, -0.2) is 24.3 Å². The van der Waals surface area contributed by atoms with Crippen molar-refractivity contribution in [2.45, 2.75) is 6.04 Å². The van der Waals surface area contributed by atoms with Crippen LogP contribution in [0.5, 0.6) is 5.75 Å². The number of carbonyl (C=O) groups is 1. The van der Waals surface area contributed by atoms with Crippen molar-refractivity contribution < 1.29 is 23.8 Å². The van der Waals surface area contributed by atoms with Crippen LogP contribution >= 0.6 is 0 Å². The summed E-state index contributed by atoms with van der Waals surface area (Å²) < 4.78 is 17.9. The quantitative estimate of drug-likeness (QED) is 0.618. The lowest BCUT2D eigenvalue weighted by molar-refractivity contribution is -0.138. The highest BCUT2D eigenvalue weighted by atomic mass is 19.1. The Morgan fingerprint density at radius 2 is 2.31 bits per heavy atom. The molecule has 1 N–H and O–H groups in total. The van der Waals surface area contributed by atoms with Gasteiger partial charge in [-0.1, -0.05) is 6.07 Å². The highest BCUT2D eigenvalue weighted by Crippen LogP contribution is 2.23. The van der Waals surface area contributed by atoms with Crippen LogP contribution in [0, 0.1) is 5.82 Å². The first kappa shape index (κ1) is 11.9. The normalized spacial score (nSPS) is 11.4. The number of carboxylic acid groups (broad SMARTS) is 1. The van der Waals surface area contributed by atoms with Crippen molar-refractivity contribution in [1.29, 1.82) is 0 Å². The summed E-state index contributed by atoms with van der Waals surface area (Å²) in [5.74, 6) is -2.08. The average molecular weight is 225 g/mol. The molecule has 5 nitrogen and oxygen atoms in total. The third-order valence-corrected chi connectivity index (χ3v) is 1.91. The molecule has 0 aromatic heterocycles. The van der Waals surface area contributed by atoms with Crippen LogP contribution in [0.15, 0.2) is 23.2 Å². The minimum absolute atomic E-state index is 0.0111. The minimum Gasteiger partial charge on any atom is -0.494 e. The van der Waals surface area contributed by atoms with Crippen LogP contribution in [0.1, 0.15) is 11.6 Å². The maximum absolute atomic E-state index is 13.3. The summed E-state index contributed by atoms with van der Waals surface area (Å²) in [7, 11) is 1.29. The van der Waals surface area contributed by atoms with Gasteiger partial charge in [0.05, 0.1) is 7.11 Å². The predicted molar refractivity (Wildman–Crippen MR) is 51.5 cm³/mol. The largest absolute Gasteiger partial charge is 0.494 e. The third-order valence-electron chi connectivity index (χ3n) is 1.91. The Morgan fingerprint density at radius 3 is 2.75 bits per heavy atom. The van der Waals surface area contributed by atoms with Gasteiger partial charge in [-0.15, -0.1) is 0 Å². The molecule has 0 heterocycles. The number of isocyanates is 1. The fourth-order valence-corrected chi connectivity index (χ4v) is 1.18. The van der Waals surface area contributed by atoms with Gasteiger partial charge in [-0.25, -0.2) is 14.0 Å². The van der Waals surface area contributed by atoms with E-state index in [-0.39, 0.29) is 11.3 Å². The summed E-state index contributed by atoms with van der Waals surface area (Å²) in [4.78, 5) is 23.8. The molecule has 0 radical (unpaired) electrons. The number of benzene rings is 1. The Balaban J connectivity index is 3.16. The Morgan fingerprint density at radius 1 is 1.62 bits per heavy atom. The summed E-state index contributed by atoms with van der Waals surface area (Å²) in [6.45, 7) is 0. The maximum atomic E-state index is 13.3. The van der Waals surface area contributed by atoms with Gasteiger partial charge in [-0.05, 0) is 17.7 Å². The average Bonchev–Trinajstić information content (AvgIpc) is 2.25. The van der Waals surface area contributed by atoms with E-state index in [1.54, 1.807) is 0 Å². The number of carbonyl (C=O) groups excluding carboxylic acids is 1. The van der Waals surface area contributed by atoms with Crippen molar-refractivity contribution in [2.75, 3.05) is 7.11 Å². The van der Waals surface area contributed by atoms with Gasteiger partial charge >= 0.3 is 5.97 Å². The van der Waals surface area contributed by atoms with E-state index in [0.717, 1.165) is 12.1 Å². The van der Waals surface area contributed by atoms with Crippen LogP contribution in [0.2, 0.25) is 0 Å². The Labute approximate surface area is 90.2 Å². The highest BCUT2D eigenvalue weighted by Gasteiger charge is 2.20. The molecule has 0 saturated carbocycles. The molecule has 0 aliphatic carbocycles. The highest BCUT2D eigenvalue weighted by molar-refractivity contribution is 5.76. The number of aliphatic carboxylic acids is 1. The lowest BCUT2D eigenvalue weighted by Crippen LogP contribution is -2.09. The predicted octanol–water partition coefficient (Wildman–Crippen LogP) is 1.30. The molecule has 1 unspecified atom stereocenters. The minimum atomic E-state index is -1.45. The standard InChI is InChI=1S/C10H8FNO4/c1-16-8-3-2-6(4-7(8)11)9(10(14)15)12-5-13/h2-4,9H,1H3,(H,14,15). The van der Waals surface area contributed by atoms with Crippen LogP contribution in [0.3, 0.4) is 0 Å². The van der Waals surface area contributed by atoms with Crippen LogP contribution in [0.25, 0.3) is 0 Å². The van der Waals surface area contributed by atoms with Crippen molar-refractivity contribution in [1.82, 2.24) is 0 Å². The molecule has 16 heavy (non-hydrogen) atoms. The first-order valence-electron chi connectivity index (χ1n) is 4.23. The topological polar surface area (TPSA) is 76.0 Å². The molecule has 0 bridgehead atoms. The van der Waals surface area contributed by atoms with E-state index in [4.69, 9.17) is 5.11 Å². The summed E-state index contributed by atoms with van der Waals surface area (Å²) in [5, 5.41) is 8.75. The number of aliphatic imine (C=N–C) groups is 1. The number of hydrogen-bond donors (Lipinski definition) is 1. The molecule has 1 atom stereocenters. The number of nitrogens with zero attached hydrogens (tertiary/aromatic N) is 1. The van der Waals surface area contributed by atoms with E-state index in [0.29, 0.717) is 0 Å². The maximum Gasteiger partial charge on any atom is 0.334 e. The van der Waals surface area contributed by atoms with Gasteiger partial charge in [0.2, 0.25) is 6.08 Å². The molecule has 0 spiro atoms. The van der Waals surface area contributed by atoms with Crippen molar-refractivity contribution in [3.63, 3.8) is 0 Å². The van der Waals surface area contributed by atoms with Crippen LogP contribution < -0.4 is 4.74 Å². The number of ether oxygens (including phenoxy) is 1. The molecule has 6 heteroatoms. The Kier molecular flexibility index (Phi) is 3.74. The van der Waals surface area contributed by atoms with Gasteiger partial charge in [0.1, 0.15) is 0 Å². The Bertz CT molecular complexity index is 452. The van der Waals surface area contributed by atoms with Gasteiger partial charge in [0.15, 0.2) is 17.6 Å². The zero-order valence-corrected chi connectivity index (χ0v) is 8.31. The zero-order chi connectivity index (χ0) is 12.1. The smallest absolute Gasteiger partial charge is 0.334 e. The lowest BCUT2D eigenvalue weighted by Gasteiger charge is -2.07. The summed E-state index contributed by atoms with van der Waals surface area (Å²) in [6.07, 6.45) is 1.14. The monoisotopic (exact) mass is 225 g/mol. The summed E-state index contributed by atoms with van der Waals surface area (Å²) in [6, 6.07) is 2.10. The van der Waals surface area contributed by atoms with Crippen LogP contribution in [-0.2, 0) is 9.59 Å². The number of halogens is 1. The van der Waals surface area contributed by atoms with E-state index in [2.05, 4.69) is 9.73 Å². The van der Waals surface area contributed by atoms with Gasteiger partial charge in [-0.3, -0.25) is 0 Å². The SMILES string of the molecule is COc1ccc(C(N=C=O)C(=O)O)cc1F.